The van der Waals surface area contributed by atoms with Crippen LogP contribution >= 0.6 is 0 Å². The SMILES string of the molecule is Cc1cccc(C(CC2CCCCO2)NN)c1. The molecule has 2 rings (SSSR count). The Balaban J connectivity index is 2.00. The number of hydrogen-bond acceptors (Lipinski definition) is 3. The van der Waals surface area contributed by atoms with Crippen LogP contribution < -0.4 is 11.3 Å². The number of aryl methyl sites for hydroxylation is 1. The van der Waals surface area contributed by atoms with E-state index < -0.39 is 0 Å². The van der Waals surface area contributed by atoms with Crippen LogP contribution in [0.2, 0.25) is 0 Å². The van der Waals surface area contributed by atoms with Crippen molar-refractivity contribution in [3.63, 3.8) is 0 Å². The lowest BCUT2D eigenvalue weighted by Crippen LogP contribution is -2.32. The minimum Gasteiger partial charge on any atom is -0.378 e. The molecule has 0 aliphatic carbocycles. The average Bonchev–Trinajstić information content (AvgIpc) is 2.37. The molecule has 1 heterocycles. The molecule has 3 nitrogen and oxygen atoms in total. The first-order valence-electron chi connectivity index (χ1n) is 6.44. The van der Waals surface area contributed by atoms with E-state index in [-0.39, 0.29) is 6.04 Å². The van der Waals surface area contributed by atoms with Crippen LogP contribution in [-0.2, 0) is 4.74 Å². The maximum atomic E-state index is 5.77. The fourth-order valence-electron chi connectivity index (χ4n) is 2.44. The molecule has 0 radical (unpaired) electrons. The van der Waals surface area contributed by atoms with Gasteiger partial charge in [0, 0.05) is 12.6 Å². The van der Waals surface area contributed by atoms with Gasteiger partial charge in [-0.15, -0.1) is 0 Å². The lowest BCUT2D eigenvalue weighted by Gasteiger charge is -2.27. The number of benzene rings is 1. The van der Waals surface area contributed by atoms with Crippen molar-refractivity contribution in [1.29, 1.82) is 0 Å². The molecule has 0 spiro atoms. The van der Waals surface area contributed by atoms with Gasteiger partial charge >= 0.3 is 0 Å². The summed E-state index contributed by atoms with van der Waals surface area (Å²) < 4.78 is 5.77. The Bertz CT molecular complexity index is 348. The topological polar surface area (TPSA) is 47.3 Å². The Hall–Kier alpha value is -0.900. The van der Waals surface area contributed by atoms with Gasteiger partial charge in [-0.25, -0.2) is 0 Å². The molecule has 1 aliphatic heterocycles. The highest BCUT2D eigenvalue weighted by Gasteiger charge is 2.19. The first-order valence-corrected chi connectivity index (χ1v) is 6.44. The summed E-state index contributed by atoms with van der Waals surface area (Å²) in [5.74, 6) is 5.67. The van der Waals surface area contributed by atoms with Gasteiger partial charge in [0.25, 0.3) is 0 Å². The summed E-state index contributed by atoms with van der Waals surface area (Å²) in [5, 5.41) is 0. The van der Waals surface area contributed by atoms with Gasteiger partial charge in [0.1, 0.15) is 0 Å². The van der Waals surface area contributed by atoms with Gasteiger partial charge in [-0.3, -0.25) is 11.3 Å². The molecule has 17 heavy (non-hydrogen) atoms. The summed E-state index contributed by atoms with van der Waals surface area (Å²) in [5.41, 5.74) is 5.44. The van der Waals surface area contributed by atoms with E-state index in [4.69, 9.17) is 10.6 Å². The molecule has 1 aromatic rings. The third-order valence-corrected chi connectivity index (χ3v) is 3.42. The summed E-state index contributed by atoms with van der Waals surface area (Å²) in [6, 6.07) is 8.69. The van der Waals surface area contributed by atoms with Gasteiger partial charge in [-0.1, -0.05) is 29.8 Å². The number of nitrogens with two attached hydrogens (primary N) is 1. The van der Waals surface area contributed by atoms with Crippen molar-refractivity contribution >= 4 is 0 Å². The van der Waals surface area contributed by atoms with Crippen molar-refractivity contribution < 1.29 is 4.74 Å². The van der Waals surface area contributed by atoms with Gasteiger partial charge in [0.15, 0.2) is 0 Å². The number of rotatable bonds is 4. The molecular formula is C14H22N2O. The van der Waals surface area contributed by atoms with E-state index in [2.05, 4.69) is 36.6 Å². The summed E-state index contributed by atoms with van der Waals surface area (Å²) in [6.45, 7) is 3.00. The Morgan fingerprint density at radius 2 is 2.35 bits per heavy atom. The first kappa shape index (κ1) is 12.6. The maximum absolute atomic E-state index is 5.77. The minimum absolute atomic E-state index is 0.193. The van der Waals surface area contributed by atoms with E-state index in [0.29, 0.717) is 6.10 Å². The van der Waals surface area contributed by atoms with Gasteiger partial charge < -0.3 is 4.74 Å². The highest BCUT2D eigenvalue weighted by atomic mass is 16.5. The van der Waals surface area contributed by atoms with Crippen LogP contribution in [0.3, 0.4) is 0 Å². The van der Waals surface area contributed by atoms with Crippen molar-refractivity contribution in [1.82, 2.24) is 5.43 Å². The molecular weight excluding hydrogens is 212 g/mol. The van der Waals surface area contributed by atoms with E-state index in [1.807, 2.05) is 0 Å². The van der Waals surface area contributed by atoms with Gasteiger partial charge in [0.2, 0.25) is 0 Å². The second-order valence-electron chi connectivity index (χ2n) is 4.86. The van der Waals surface area contributed by atoms with E-state index in [1.165, 1.54) is 24.0 Å². The van der Waals surface area contributed by atoms with Crippen molar-refractivity contribution in [2.45, 2.75) is 44.8 Å². The average molecular weight is 234 g/mol. The molecule has 1 fully saturated rings. The molecule has 3 heteroatoms. The van der Waals surface area contributed by atoms with Gasteiger partial charge in [-0.2, -0.15) is 0 Å². The quantitative estimate of drug-likeness (QED) is 0.621. The molecule has 2 atom stereocenters. The monoisotopic (exact) mass is 234 g/mol. The number of ether oxygens (including phenoxy) is 1. The zero-order valence-corrected chi connectivity index (χ0v) is 10.5. The van der Waals surface area contributed by atoms with E-state index in [9.17, 15) is 0 Å². The summed E-state index contributed by atoms with van der Waals surface area (Å²) in [7, 11) is 0. The largest absolute Gasteiger partial charge is 0.378 e. The van der Waals surface area contributed by atoms with Crippen LogP contribution in [0.25, 0.3) is 0 Å². The Morgan fingerprint density at radius 3 is 3.00 bits per heavy atom. The minimum atomic E-state index is 0.193. The van der Waals surface area contributed by atoms with Crippen LogP contribution in [0.1, 0.15) is 42.9 Å². The fraction of sp³-hybridized carbons (Fsp3) is 0.571. The molecule has 2 unspecified atom stereocenters. The van der Waals surface area contributed by atoms with E-state index in [0.717, 1.165) is 19.4 Å². The van der Waals surface area contributed by atoms with Crippen LogP contribution in [0.4, 0.5) is 0 Å². The smallest absolute Gasteiger partial charge is 0.0593 e. The normalized spacial score (nSPS) is 22.4. The number of hydrazine groups is 1. The van der Waals surface area contributed by atoms with Gasteiger partial charge in [-0.05, 0) is 38.2 Å². The first-order chi connectivity index (χ1) is 8.29. The lowest BCUT2D eigenvalue weighted by molar-refractivity contribution is 0.00502. The van der Waals surface area contributed by atoms with Crippen molar-refractivity contribution in [3.05, 3.63) is 35.4 Å². The fourth-order valence-corrected chi connectivity index (χ4v) is 2.44. The van der Waals surface area contributed by atoms with Crippen LogP contribution in [0.5, 0.6) is 0 Å². The summed E-state index contributed by atoms with van der Waals surface area (Å²) >= 11 is 0. The van der Waals surface area contributed by atoms with Crippen LogP contribution in [0, 0.1) is 6.92 Å². The molecule has 1 aromatic carbocycles. The number of hydrogen-bond donors (Lipinski definition) is 2. The zero-order valence-electron chi connectivity index (χ0n) is 10.5. The molecule has 94 valence electrons. The molecule has 0 bridgehead atoms. The number of nitrogens with one attached hydrogen (secondary N) is 1. The predicted molar refractivity (Wildman–Crippen MR) is 69.5 cm³/mol. The molecule has 0 saturated carbocycles. The predicted octanol–water partition coefficient (Wildman–Crippen LogP) is 2.46. The maximum Gasteiger partial charge on any atom is 0.0593 e. The molecule has 0 amide bonds. The standard InChI is InChI=1S/C14H22N2O/c1-11-5-4-6-12(9-11)14(16-15)10-13-7-2-3-8-17-13/h4-6,9,13-14,16H,2-3,7-8,10,15H2,1H3. The van der Waals surface area contributed by atoms with Crippen molar-refractivity contribution in [2.24, 2.45) is 5.84 Å². The van der Waals surface area contributed by atoms with E-state index in [1.54, 1.807) is 0 Å². The highest BCUT2D eigenvalue weighted by molar-refractivity contribution is 5.25. The second-order valence-corrected chi connectivity index (χ2v) is 4.86. The van der Waals surface area contributed by atoms with Crippen molar-refractivity contribution in [3.8, 4) is 0 Å². The summed E-state index contributed by atoms with van der Waals surface area (Å²) in [6.07, 6.45) is 4.94. The Morgan fingerprint density at radius 1 is 1.47 bits per heavy atom. The molecule has 1 aliphatic rings. The van der Waals surface area contributed by atoms with Crippen LogP contribution in [0.15, 0.2) is 24.3 Å². The molecule has 1 saturated heterocycles. The molecule has 3 N–H and O–H groups in total. The van der Waals surface area contributed by atoms with Gasteiger partial charge in [0.05, 0.1) is 6.10 Å². The van der Waals surface area contributed by atoms with E-state index >= 15 is 0 Å². The highest BCUT2D eigenvalue weighted by Crippen LogP contribution is 2.24. The Labute approximate surface area is 103 Å². The van der Waals surface area contributed by atoms with Crippen molar-refractivity contribution in [2.75, 3.05) is 6.61 Å². The van der Waals surface area contributed by atoms with Crippen LogP contribution in [-0.4, -0.2) is 12.7 Å². The lowest BCUT2D eigenvalue weighted by atomic mass is 9.96. The summed E-state index contributed by atoms with van der Waals surface area (Å²) in [4.78, 5) is 0. The zero-order chi connectivity index (χ0) is 12.1. The second kappa shape index (κ2) is 6.15. The Kier molecular flexibility index (Phi) is 4.54. The third kappa shape index (κ3) is 3.53. The third-order valence-electron chi connectivity index (χ3n) is 3.42. The molecule has 0 aromatic heterocycles.